The first-order valence-electron chi connectivity index (χ1n) is 9.44. The van der Waals surface area contributed by atoms with Crippen molar-refractivity contribution in [3.05, 3.63) is 96.2 Å². The van der Waals surface area contributed by atoms with E-state index in [0.717, 1.165) is 21.3 Å². The highest BCUT2D eigenvalue weighted by Crippen LogP contribution is 2.32. The van der Waals surface area contributed by atoms with Crippen LogP contribution in [0, 0.1) is 5.07 Å². The van der Waals surface area contributed by atoms with Crippen LogP contribution in [0.1, 0.15) is 0 Å². The van der Waals surface area contributed by atoms with Crippen molar-refractivity contribution in [1.82, 2.24) is 9.55 Å². The molecule has 0 aliphatic heterocycles. The normalized spacial score (nSPS) is 11.2. The fraction of sp³-hybridized carbons (Fsp3) is 0.0400. The highest BCUT2D eigenvalue weighted by molar-refractivity contribution is 7.98. The second kappa shape index (κ2) is 7.51. The van der Waals surface area contributed by atoms with Gasteiger partial charge < -0.3 is 4.57 Å². The predicted octanol–water partition coefficient (Wildman–Crippen LogP) is 7.24. The van der Waals surface area contributed by atoms with Gasteiger partial charge in [0.25, 0.3) is 0 Å². The second-order valence-corrected chi connectivity index (χ2v) is 8.19. The maximum atomic E-state index is 4.66. The quantitative estimate of drug-likeness (QED) is 0.177. The van der Waals surface area contributed by atoms with Crippen molar-refractivity contribution in [1.29, 1.82) is 0 Å². The van der Waals surface area contributed by atoms with Crippen LogP contribution in [-0.4, -0.2) is 15.8 Å². The van der Waals surface area contributed by atoms with Crippen LogP contribution in [0.25, 0.3) is 38.5 Å². The Bertz CT molecular complexity index is 1410. The summed E-state index contributed by atoms with van der Waals surface area (Å²) >= 11 is 1.67. The second-order valence-electron chi connectivity index (χ2n) is 6.89. The van der Waals surface area contributed by atoms with Gasteiger partial charge >= 0.3 is 0 Å². The Hall–Kier alpha value is -2.87. The monoisotopic (exact) mass is 410 g/mol. The molecule has 0 N–H and O–H groups in total. The molecule has 0 radical (unpaired) electrons. The minimum absolute atomic E-state index is 1.02. The Morgan fingerprint density at radius 3 is 2.28 bits per heavy atom. The smallest absolute Gasteiger partial charge is 0.0965 e. The van der Waals surface area contributed by atoms with E-state index in [-0.39, 0.29) is 0 Å². The SMILES string of the molecule is CSc1cc2c3ccccc3c(=P)n(-c3cccc(-c4ccccc4)c3)c2cn1. The number of hydrogen-bond donors (Lipinski definition) is 0. The first-order chi connectivity index (χ1) is 14.3. The number of pyridine rings is 2. The van der Waals surface area contributed by atoms with Gasteiger partial charge in [-0.1, -0.05) is 75.6 Å². The van der Waals surface area contributed by atoms with E-state index in [1.807, 2.05) is 12.3 Å². The number of aromatic nitrogens is 2. The molecular formula is C25H19N2PS. The van der Waals surface area contributed by atoms with Crippen LogP contribution in [0.3, 0.4) is 0 Å². The molecule has 0 amide bonds. The molecule has 5 aromatic rings. The van der Waals surface area contributed by atoms with Gasteiger partial charge in [-0.2, -0.15) is 0 Å². The van der Waals surface area contributed by atoms with Gasteiger partial charge in [0, 0.05) is 16.5 Å². The topological polar surface area (TPSA) is 17.8 Å². The molecule has 0 aliphatic carbocycles. The lowest BCUT2D eigenvalue weighted by Gasteiger charge is -2.16. The summed E-state index contributed by atoms with van der Waals surface area (Å²) in [5.74, 6) is 0. The van der Waals surface area contributed by atoms with Gasteiger partial charge in [-0.25, -0.2) is 4.98 Å². The van der Waals surface area contributed by atoms with E-state index in [1.165, 1.54) is 27.3 Å². The summed E-state index contributed by atoms with van der Waals surface area (Å²) in [7, 11) is 3.95. The largest absolute Gasteiger partial charge is 0.304 e. The molecule has 0 atom stereocenters. The maximum absolute atomic E-state index is 4.66. The van der Waals surface area contributed by atoms with Crippen molar-refractivity contribution in [3.63, 3.8) is 0 Å². The molecule has 0 fully saturated rings. The molecule has 0 saturated carbocycles. The summed E-state index contributed by atoms with van der Waals surface area (Å²) in [6.45, 7) is 0. The zero-order chi connectivity index (χ0) is 19.8. The Balaban J connectivity index is 1.85. The first kappa shape index (κ1) is 18.2. The third-order valence-corrected chi connectivity index (χ3v) is 6.35. The average Bonchev–Trinajstić information content (AvgIpc) is 2.80. The Kier molecular flexibility index (Phi) is 4.71. The summed E-state index contributed by atoms with van der Waals surface area (Å²) in [6, 6.07) is 29.8. The van der Waals surface area contributed by atoms with Gasteiger partial charge in [0.2, 0.25) is 0 Å². The van der Waals surface area contributed by atoms with Crippen LogP contribution >= 0.6 is 20.6 Å². The number of nitrogens with zero attached hydrogens (tertiary/aromatic N) is 2. The number of hydrogen-bond acceptors (Lipinski definition) is 2. The van der Waals surface area contributed by atoms with E-state index in [0.29, 0.717) is 0 Å². The summed E-state index contributed by atoms with van der Waals surface area (Å²) in [5, 5.41) is 5.65. The highest BCUT2D eigenvalue weighted by atomic mass is 32.2. The standard InChI is InChI=1S/C25H19N2PS/c1-29-24-15-22-20-12-5-6-13-21(20)25(28)27(23(22)16-26-24)19-11-7-10-18(14-19)17-8-3-2-4-9-17/h2-16,28H,1H3. The van der Waals surface area contributed by atoms with E-state index in [1.54, 1.807) is 11.8 Å². The lowest BCUT2D eigenvalue weighted by atomic mass is 10.0. The molecule has 2 aromatic heterocycles. The summed E-state index contributed by atoms with van der Waals surface area (Å²) in [4.78, 5) is 4.66. The van der Waals surface area contributed by atoms with Gasteiger partial charge in [-0.15, -0.1) is 11.8 Å². The van der Waals surface area contributed by atoms with E-state index < -0.39 is 0 Å². The number of thioether (sulfide) groups is 1. The fourth-order valence-electron chi connectivity index (χ4n) is 3.82. The summed E-state index contributed by atoms with van der Waals surface area (Å²) in [5.41, 5.74) is 4.58. The average molecular weight is 410 g/mol. The lowest BCUT2D eigenvalue weighted by Crippen LogP contribution is -2.01. The molecule has 0 bridgehead atoms. The van der Waals surface area contributed by atoms with Crippen LogP contribution in [0.15, 0.2) is 96.2 Å². The molecule has 0 unspecified atom stereocenters. The summed E-state index contributed by atoms with van der Waals surface area (Å²) in [6.07, 6.45) is 4.04. The van der Waals surface area contributed by atoms with E-state index in [2.05, 4.69) is 104 Å². The molecule has 0 saturated heterocycles. The number of rotatable bonds is 3. The van der Waals surface area contributed by atoms with Crippen LogP contribution < -0.4 is 0 Å². The van der Waals surface area contributed by atoms with Crippen molar-refractivity contribution >= 4 is 42.3 Å². The van der Waals surface area contributed by atoms with E-state index in [9.17, 15) is 0 Å². The highest BCUT2D eigenvalue weighted by Gasteiger charge is 2.11. The van der Waals surface area contributed by atoms with E-state index in [4.69, 9.17) is 0 Å². The number of fused-ring (bicyclic) bond motifs is 3. The Labute approximate surface area is 176 Å². The van der Waals surface area contributed by atoms with Crippen molar-refractivity contribution in [2.24, 2.45) is 0 Å². The molecule has 2 nitrogen and oxygen atoms in total. The maximum Gasteiger partial charge on any atom is 0.0965 e. The molecule has 3 aromatic carbocycles. The van der Waals surface area contributed by atoms with Crippen molar-refractivity contribution in [2.45, 2.75) is 5.03 Å². The van der Waals surface area contributed by atoms with Crippen LogP contribution in [0.4, 0.5) is 0 Å². The van der Waals surface area contributed by atoms with Crippen LogP contribution in [0.5, 0.6) is 0 Å². The number of benzene rings is 3. The van der Waals surface area contributed by atoms with Gasteiger partial charge in [0.15, 0.2) is 0 Å². The van der Waals surface area contributed by atoms with E-state index >= 15 is 0 Å². The third-order valence-electron chi connectivity index (χ3n) is 5.22. The lowest BCUT2D eigenvalue weighted by molar-refractivity contribution is 1.07. The molecule has 140 valence electrons. The predicted molar refractivity (Wildman–Crippen MR) is 127 cm³/mol. The zero-order valence-corrected chi connectivity index (χ0v) is 17.8. The summed E-state index contributed by atoms with van der Waals surface area (Å²) < 4.78 is 2.25. The molecule has 0 spiro atoms. The molecule has 29 heavy (non-hydrogen) atoms. The van der Waals surface area contributed by atoms with Crippen LogP contribution in [0.2, 0.25) is 0 Å². The first-order valence-corrected chi connectivity index (χ1v) is 11.2. The molecule has 2 heterocycles. The van der Waals surface area contributed by atoms with Gasteiger partial charge in [0.05, 0.1) is 21.8 Å². The Morgan fingerprint density at radius 2 is 1.48 bits per heavy atom. The molecule has 4 heteroatoms. The van der Waals surface area contributed by atoms with Crippen molar-refractivity contribution < 1.29 is 0 Å². The Morgan fingerprint density at radius 1 is 0.759 bits per heavy atom. The van der Waals surface area contributed by atoms with Gasteiger partial charge in [-0.05, 0) is 41.0 Å². The molecule has 0 aliphatic rings. The van der Waals surface area contributed by atoms with Crippen molar-refractivity contribution in [3.8, 4) is 16.8 Å². The fourth-order valence-corrected chi connectivity index (χ4v) is 4.68. The minimum atomic E-state index is 1.02. The van der Waals surface area contributed by atoms with Gasteiger partial charge in [0.1, 0.15) is 0 Å². The molecule has 5 rings (SSSR count). The van der Waals surface area contributed by atoms with Gasteiger partial charge in [-0.3, -0.25) is 0 Å². The zero-order valence-electron chi connectivity index (χ0n) is 16.0. The van der Waals surface area contributed by atoms with Crippen LogP contribution in [-0.2, 0) is 0 Å². The molecular weight excluding hydrogens is 391 g/mol. The minimum Gasteiger partial charge on any atom is -0.304 e. The third kappa shape index (κ3) is 3.17. The van der Waals surface area contributed by atoms with Crippen molar-refractivity contribution in [2.75, 3.05) is 6.26 Å².